The lowest BCUT2D eigenvalue weighted by Crippen LogP contribution is -2.35. The molecule has 3 unspecified atom stereocenters. The summed E-state index contributed by atoms with van der Waals surface area (Å²) in [7, 11) is 0. The first-order valence-electron chi connectivity index (χ1n) is 8.19. The van der Waals surface area contributed by atoms with Crippen molar-refractivity contribution in [2.45, 2.75) is 58.4 Å². The van der Waals surface area contributed by atoms with Crippen molar-refractivity contribution in [2.24, 2.45) is 11.8 Å². The molecule has 0 spiro atoms. The first-order chi connectivity index (χ1) is 9.99. The van der Waals surface area contributed by atoms with Crippen LogP contribution in [-0.4, -0.2) is 12.6 Å². The van der Waals surface area contributed by atoms with Gasteiger partial charge in [0.2, 0.25) is 0 Å². The Balaban J connectivity index is 2.19. The lowest BCUT2D eigenvalue weighted by molar-refractivity contribution is 0.222. The maximum Gasteiger partial charge on any atom is 0.126 e. The van der Waals surface area contributed by atoms with Gasteiger partial charge < -0.3 is 5.32 Å². The molecule has 0 bridgehead atoms. The largest absolute Gasteiger partial charge is 0.314 e. The van der Waals surface area contributed by atoms with E-state index in [0.29, 0.717) is 17.9 Å². The molecule has 0 aromatic heterocycles. The Morgan fingerprint density at radius 3 is 2.38 bits per heavy atom. The van der Waals surface area contributed by atoms with Crippen molar-refractivity contribution in [1.82, 2.24) is 5.32 Å². The highest BCUT2D eigenvalue weighted by Gasteiger charge is 2.31. The fourth-order valence-corrected chi connectivity index (χ4v) is 3.52. The van der Waals surface area contributed by atoms with Crippen LogP contribution >= 0.6 is 0 Å². The first-order valence-corrected chi connectivity index (χ1v) is 8.19. The van der Waals surface area contributed by atoms with Crippen molar-refractivity contribution < 1.29 is 8.78 Å². The molecule has 3 heteroatoms. The minimum atomic E-state index is -0.459. The molecule has 0 amide bonds. The van der Waals surface area contributed by atoms with Crippen molar-refractivity contribution in [3.05, 3.63) is 35.4 Å². The van der Waals surface area contributed by atoms with Crippen LogP contribution < -0.4 is 5.32 Å². The molecule has 1 aliphatic carbocycles. The molecule has 118 valence electrons. The van der Waals surface area contributed by atoms with Crippen LogP contribution in [0.15, 0.2) is 18.2 Å². The van der Waals surface area contributed by atoms with E-state index in [1.165, 1.54) is 18.6 Å². The lowest BCUT2D eigenvalue weighted by Gasteiger charge is -2.37. The topological polar surface area (TPSA) is 12.0 Å². The highest BCUT2D eigenvalue weighted by Crippen LogP contribution is 2.41. The van der Waals surface area contributed by atoms with Gasteiger partial charge in [0.1, 0.15) is 11.6 Å². The number of benzene rings is 1. The number of hydrogen-bond donors (Lipinski definition) is 1. The Kier molecular flexibility index (Phi) is 5.74. The van der Waals surface area contributed by atoms with Gasteiger partial charge in [-0.1, -0.05) is 33.6 Å². The molecule has 1 aromatic rings. The Morgan fingerprint density at radius 1 is 1.14 bits per heavy atom. The van der Waals surface area contributed by atoms with Gasteiger partial charge in [0.25, 0.3) is 0 Å². The average molecular weight is 295 g/mol. The van der Waals surface area contributed by atoms with E-state index in [0.717, 1.165) is 37.4 Å². The molecular weight excluding hydrogens is 268 g/mol. The first kappa shape index (κ1) is 16.4. The molecule has 1 N–H and O–H groups in total. The zero-order chi connectivity index (χ0) is 15.4. The number of hydrogen-bond acceptors (Lipinski definition) is 1. The van der Waals surface area contributed by atoms with E-state index in [-0.39, 0.29) is 5.92 Å². The van der Waals surface area contributed by atoms with Crippen molar-refractivity contribution in [1.29, 1.82) is 0 Å². The second-order valence-electron chi connectivity index (χ2n) is 6.72. The summed E-state index contributed by atoms with van der Waals surface area (Å²) in [5.41, 5.74) is 0.834. The van der Waals surface area contributed by atoms with Gasteiger partial charge in [0.05, 0.1) is 0 Å². The maximum atomic E-state index is 13.5. The average Bonchev–Trinajstić information content (AvgIpc) is 2.43. The quantitative estimate of drug-likeness (QED) is 0.817. The summed E-state index contributed by atoms with van der Waals surface area (Å²) < 4.78 is 27.1. The number of halogens is 2. The Morgan fingerprint density at radius 2 is 1.81 bits per heavy atom. The standard InChI is InChI=1S/C18H27F2N/c1-4-13-5-6-14(11-21-12(2)3)18(7-13)15-8-16(19)10-17(20)9-15/h8-10,12-14,18,21H,4-7,11H2,1-3H3. The van der Waals surface area contributed by atoms with Crippen LogP contribution in [0.1, 0.15) is 57.9 Å². The van der Waals surface area contributed by atoms with Crippen LogP contribution in [0, 0.1) is 23.5 Å². The van der Waals surface area contributed by atoms with E-state index in [1.54, 1.807) is 0 Å². The van der Waals surface area contributed by atoms with Crippen molar-refractivity contribution >= 4 is 0 Å². The second kappa shape index (κ2) is 7.35. The molecule has 0 saturated heterocycles. The summed E-state index contributed by atoms with van der Waals surface area (Å²) in [4.78, 5) is 0. The minimum absolute atomic E-state index is 0.264. The summed E-state index contributed by atoms with van der Waals surface area (Å²) in [6, 6.07) is 4.45. The lowest BCUT2D eigenvalue weighted by atomic mass is 9.70. The highest BCUT2D eigenvalue weighted by molar-refractivity contribution is 5.23. The van der Waals surface area contributed by atoms with Crippen LogP contribution in [0.3, 0.4) is 0 Å². The third-order valence-electron chi connectivity index (χ3n) is 4.78. The van der Waals surface area contributed by atoms with Crippen LogP contribution in [0.5, 0.6) is 0 Å². The summed E-state index contributed by atoms with van der Waals surface area (Å²) in [6.07, 6.45) is 4.57. The number of rotatable bonds is 5. The van der Waals surface area contributed by atoms with E-state index < -0.39 is 11.6 Å². The Hall–Kier alpha value is -0.960. The maximum absolute atomic E-state index is 13.5. The fraction of sp³-hybridized carbons (Fsp3) is 0.667. The molecule has 1 saturated carbocycles. The van der Waals surface area contributed by atoms with Crippen LogP contribution in [0.25, 0.3) is 0 Å². The van der Waals surface area contributed by atoms with Gasteiger partial charge in [0, 0.05) is 12.1 Å². The van der Waals surface area contributed by atoms with E-state index >= 15 is 0 Å². The van der Waals surface area contributed by atoms with Gasteiger partial charge in [-0.05, 0) is 54.8 Å². The summed E-state index contributed by atoms with van der Waals surface area (Å²) in [5, 5.41) is 3.49. The third kappa shape index (κ3) is 4.50. The van der Waals surface area contributed by atoms with Gasteiger partial charge >= 0.3 is 0 Å². The predicted molar refractivity (Wildman–Crippen MR) is 83.4 cm³/mol. The minimum Gasteiger partial charge on any atom is -0.314 e. The van der Waals surface area contributed by atoms with E-state index in [1.807, 2.05) is 0 Å². The monoisotopic (exact) mass is 295 g/mol. The summed E-state index contributed by atoms with van der Waals surface area (Å²) >= 11 is 0. The molecule has 0 aliphatic heterocycles. The van der Waals surface area contributed by atoms with Crippen molar-refractivity contribution in [3.63, 3.8) is 0 Å². The Labute approximate surface area is 127 Å². The van der Waals surface area contributed by atoms with Crippen LogP contribution in [0.4, 0.5) is 8.78 Å². The molecule has 1 nitrogen and oxygen atoms in total. The molecule has 1 aromatic carbocycles. The van der Waals surface area contributed by atoms with Gasteiger partial charge in [-0.3, -0.25) is 0 Å². The normalized spacial score (nSPS) is 26.3. The smallest absolute Gasteiger partial charge is 0.126 e. The summed E-state index contributed by atoms with van der Waals surface area (Å²) in [6.45, 7) is 7.40. The zero-order valence-electron chi connectivity index (χ0n) is 13.3. The molecular formula is C18H27F2N. The number of nitrogens with one attached hydrogen (secondary N) is 1. The van der Waals surface area contributed by atoms with E-state index in [2.05, 4.69) is 26.1 Å². The van der Waals surface area contributed by atoms with Gasteiger partial charge in [-0.25, -0.2) is 8.78 Å². The van der Waals surface area contributed by atoms with Crippen molar-refractivity contribution in [3.8, 4) is 0 Å². The Bertz CT molecular complexity index is 438. The van der Waals surface area contributed by atoms with E-state index in [9.17, 15) is 8.78 Å². The SMILES string of the molecule is CCC1CCC(CNC(C)C)C(c2cc(F)cc(F)c2)C1. The van der Waals surface area contributed by atoms with Gasteiger partial charge in [0.15, 0.2) is 0 Å². The molecule has 1 fully saturated rings. The molecule has 3 atom stereocenters. The van der Waals surface area contributed by atoms with Gasteiger partial charge in [-0.15, -0.1) is 0 Å². The molecule has 2 rings (SSSR count). The summed E-state index contributed by atoms with van der Waals surface area (Å²) in [5.74, 6) is 0.492. The van der Waals surface area contributed by atoms with Crippen LogP contribution in [-0.2, 0) is 0 Å². The third-order valence-corrected chi connectivity index (χ3v) is 4.78. The van der Waals surface area contributed by atoms with E-state index in [4.69, 9.17) is 0 Å². The molecule has 1 aliphatic rings. The zero-order valence-corrected chi connectivity index (χ0v) is 13.3. The van der Waals surface area contributed by atoms with Crippen LogP contribution in [0.2, 0.25) is 0 Å². The highest BCUT2D eigenvalue weighted by atomic mass is 19.1. The second-order valence-corrected chi connectivity index (χ2v) is 6.72. The molecule has 0 radical (unpaired) electrons. The molecule has 21 heavy (non-hydrogen) atoms. The van der Waals surface area contributed by atoms with Crippen molar-refractivity contribution in [2.75, 3.05) is 6.54 Å². The molecule has 0 heterocycles. The van der Waals surface area contributed by atoms with Gasteiger partial charge in [-0.2, -0.15) is 0 Å². The fourth-order valence-electron chi connectivity index (χ4n) is 3.52. The predicted octanol–water partition coefficient (Wildman–Crippen LogP) is 4.87.